The quantitative estimate of drug-likeness (QED) is 0.655. The number of thioether (sulfide) groups is 1. The lowest BCUT2D eigenvalue weighted by Crippen LogP contribution is -2.26. The van der Waals surface area contributed by atoms with Crippen LogP contribution in [-0.4, -0.2) is 17.4 Å². The molecule has 0 aliphatic rings. The second-order valence-corrected chi connectivity index (χ2v) is 6.50. The highest BCUT2D eigenvalue weighted by atomic mass is 32.2. The summed E-state index contributed by atoms with van der Waals surface area (Å²) in [6.07, 6.45) is 1.66. The number of amides is 1. The minimum Gasteiger partial charge on any atom is -0.272 e. The number of carbonyl (C=O) groups is 1. The summed E-state index contributed by atoms with van der Waals surface area (Å²) in [6.45, 7) is 1.89. The van der Waals surface area contributed by atoms with Gasteiger partial charge in [-0.1, -0.05) is 36.4 Å². The van der Waals surface area contributed by atoms with E-state index in [4.69, 9.17) is 0 Å². The van der Waals surface area contributed by atoms with Gasteiger partial charge in [-0.25, -0.2) is 5.43 Å². The predicted molar refractivity (Wildman–Crippen MR) is 87.3 cm³/mol. The van der Waals surface area contributed by atoms with Crippen LogP contribution in [0.25, 0.3) is 0 Å². The summed E-state index contributed by atoms with van der Waals surface area (Å²) < 4.78 is 0. The topological polar surface area (TPSA) is 41.5 Å². The molecular weight excluding hydrogens is 288 g/mol. The fourth-order valence-electron chi connectivity index (χ4n) is 1.49. The smallest absolute Gasteiger partial charge is 0.252 e. The molecule has 20 heavy (non-hydrogen) atoms. The Morgan fingerprint density at radius 1 is 1.35 bits per heavy atom. The fourth-order valence-corrected chi connectivity index (χ4v) is 2.91. The van der Waals surface area contributed by atoms with Crippen molar-refractivity contribution in [3.8, 4) is 0 Å². The molecule has 0 saturated carbocycles. The van der Waals surface area contributed by atoms with Gasteiger partial charge in [0.05, 0.1) is 11.5 Å². The molecule has 0 aliphatic carbocycles. The highest BCUT2D eigenvalue weighted by Gasteiger charge is 2.12. The van der Waals surface area contributed by atoms with Gasteiger partial charge >= 0.3 is 0 Å². The lowest BCUT2D eigenvalue weighted by molar-refractivity contribution is -0.120. The first-order valence-electron chi connectivity index (χ1n) is 6.27. The maximum Gasteiger partial charge on any atom is 0.252 e. The maximum absolute atomic E-state index is 11.9. The van der Waals surface area contributed by atoms with E-state index in [9.17, 15) is 4.79 Å². The number of nitrogens with zero attached hydrogens (tertiary/aromatic N) is 1. The van der Waals surface area contributed by atoms with Gasteiger partial charge in [0.25, 0.3) is 5.91 Å². The van der Waals surface area contributed by atoms with Crippen LogP contribution in [0.15, 0.2) is 52.9 Å². The molecule has 0 aliphatic heterocycles. The number of nitrogens with one attached hydrogen (secondary N) is 1. The van der Waals surface area contributed by atoms with Gasteiger partial charge in [0.2, 0.25) is 0 Å². The van der Waals surface area contributed by atoms with Crippen molar-refractivity contribution >= 4 is 35.2 Å². The first kappa shape index (κ1) is 14.8. The van der Waals surface area contributed by atoms with Crippen LogP contribution in [0.2, 0.25) is 0 Å². The minimum absolute atomic E-state index is 0.0706. The monoisotopic (exact) mass is 304 g/mol. The van der Waals surface area contributed by atoms with Gasteiger partial charge in [-0.3, -0.25) is 4.79 Å². The lowest BCUT2D eigenvalue weighted by atomic mass is 10.2. The molecule has 3 nitrogen and oxygen atoms in total. The molecule has 0 saturated heterocycles. The first-order chi connectivity index (χ1) is 9.75. The Labute approximate surface area is 127 Å². The fraction of sp³-hybridized carbons (Fsp3) is 0.200. The minimum atomic E-state index is -0.129. The van der Waals surface area contributed by atoms with Gasteiger partial charge in [-0.15, -0.1) is 23.1 Å². The van der Waals surface area contributed by atoms with Crippen molar-refractivity contribution in [2.75, 3.05) is 0 Å². The van der Waals surface area contributed by atoms with Crippen LogP contribution in [0.4, 0.5) is 0 Å². The zero-order valence-corrected chi connectivity index (χ0v) is 12.8. The van der Waals surface area contributed by atoms with Crippen molar-refractivity contribution < 1.29 is 4.79 Å². The van der Waals surface area contributed by atoms with Gasteiger partial charge in [0.1, 0.15) is 0 Å². The SMILES string of the molecule is C[C@@H](SCc1ccccc1)C(=O)N/N=C\c1cccs1. The van der Waals surface area contributed by atoms with E-state index in [1.165, 1.54) is 5.56 Å². The second-order valence-electron chi connectivity index (χ2n) is 4.19. The first-order valence-corrected chi connectivity index (χ1v) is 8.20. The van der Waals surface area contributed by atoms with Gasteiger partial charge in [-0.2, -0.15) is 5.10 Å². The Morgan fingerprint density at radius 2 is 2.15 bits per heavy atom. The van der Waals surface area contributed by atoms with E-state index >= 15 is 0 Å². The Balaban J connectivity index is 1.74. The summed E-state index contributed by atoms with van der Waals surface area (Å²) >= 11 is 3.19. The van der Waals surface area contributed by atoms with Crippen molar-refractivity contribution in [2.45, 2.75) is 17.9 Å². The third-order valence-corrected chi connectivity index (χ3v) is 4.64. The van der Waals surface area contributed by atoms with Crippen LogP contribution >= 0.6 is 23.1 Å². The highest BCUT2D eigenvalue weighted by Crippen LogP contribution is 2.17. The van der Waals surface area contributed by atoms with E-state index in [2.05, 4.69) is 22.7 Å². The van der Waals surface area contributed by atoms with E-state index in [0.717, 1.165) is 10.6 Å². The molecular formula is C15H16N2OS2. The third-order valence-electron chi connectivity index (χ3n) is 2.62. The van der Waals surface area contributed by atoms with Crippen LogP contribution in [-0.2, 0) is 10.5 Å². The Morgan fingerprint density at radius 3 is 2.85 bits per heavy atom. The van der Waals surface area contributed by atoms with Gasteiger partial charge < -0.3 is 0 Å². The molecule has 0 unspecified atom stereocenters. The van der Waals surface area contributed by atoms with E-state index in [1.54, 1.807) is 29.3 Å². The highest BCUT2D eigenvalue weighted by molar-refractivity contribution is 7.99. The molecule has 0 spiro atoms. The number of hydrogen-bond acceptors (Lipinski definition) is 4. The number of carbonyl (C=O) groups excluding carboxylic acids is 1. The molecule has 1 aromatic carbocycles. The van der Waals surface area contributed by atoms with Crippen molar-refractivity contribution in [3.63, 3.8) is 0 Å². The van der Waals surface area contributed by atoms with Crippen LogP contribution in [0.5, 0.6) is 0 Å². The summed E-state index contributed by atoms with van der Waals surface area (Å²) in [5.74, 6) is 0.753. The van der Waals surface area contributed by atoms with Crippen LogP contribution < -0.4 is 5.43 Å². The lowest BCUT2D eigenvalue weighted by Gasteiger charge is -2.09. The molecule has 104 valence electrons. The van der Waals surface area contributed by atoms with Crippen molar-refractivity contribution in [2.24, 2.45) is 5.10 Å². The van der Waals surface area contributed by atoms with E-state index in [0.29, 0.717) is 0 Å². The summed E-state index contributed by atoms with van der Waals surface area (Å²) in [4.78, 5) is 12.9. The standard InChI is InChI=1S/C15H16N2OS2/c1-12(20-11-13-6-3-2-4-7-13)15(18)17-16-10-14-8-5-9-19-14/h2-10,12H,11H2,1H3,(H,17,18)/b16-10-/t12-/m1/s1. The number of hydrogen-bond donors (Lipinski definition) is 1. The number of hydrazone groups is 1. The van der Waals surface area contributed by atoms with E-state index in [1.807, 2.05) is 42.6 Å². The molecule has 2 rings (SSSR count). The number of rotatable bonds is 6. The molecule has 1 amide bonds. The Hall–Kier alpha value is -1.59. The molecule has 1 N–H and O–H groups in total. The largest absolute Gasteiger partial charge is 0.272 e. The van der Waals surface area contributed by atoms with E-state index in [-0.39, 0.29) is 11.2 Å². The number of thiophene rings is 1. The summed E-state index contributed by atoms with van der Waals surface area (Å²) in [7, 11) is 0. The average molecular weight is 304 g/mol. The van der Waals surface area contributed by atoms with Gasteiger partial charge in [0, 0.05) is 10.6 Å². The van der Waals surface area contributed by atoms with Gasteiger partial charge in [0.15, 0.2) is 0 Å². The zero-order chi connectivity index (χ0) is 14.2. The molecule has 5 heteroatoms. The Kier molecular flexibility index (Phi) is 5.83. The maximum atomic E-state index is 11.9. The second kappa shape index (κ2) is 7.87. The Bertz CT molecular complexity index is 553. The predicted octanol–water partition coefficient (Wildman–Crippen LogP) is 3.52. The average Bonchev–Trinajstić information content (AvgIpc) is 2.99. The molecule has 1 aromatic heterocycles. The van der Waals surface area contributed by atoms with E-state index < -0.39 is 0 Å². The van der Waals surface area contributed by atoms with Crippen molar-refractivity contribution in [1.29, 1.82) is 0 Å². The summed E-state index contributed by atoms with van der Waals surface area (Å²) in [5.41, 5.74) is 3.79. The number of benzene rings is 1. The third kappa shape index (κ3) is 4.83. The van der Waals surface area contributed by atoms with Crippen LogP contribution in [0.3, 0.4) is 0 Å². The molecule has 0 fully saturated rings. The molecule has 2 aromatic rings. The summed E-state index contributed by atoms with van der Waals surface area (Å²) in [6, 6.07) is 14.0. The summed E-state index contributed by atoms with van der Waals surface area (Å²) in [5, 5.41) is 5.81. The zero-order valence-electron chi connectivity index (χ0n) is 11.2. The van der Waals surface area contributed by atoms with Crippen molar-refractivity contribution in [3.05, 3.63) is 58.3 Å². The molecule has 1 heterocycles. The molecule has 1 atom stereocenters. The molecule has 0 bridgehead atoms. The molecule has 0 radical (unpaired) electrons. The van der Waals surface area contributed by atoms with Crippen LogP contribution in [0, 0.1) is 0 Å². The normalized spacial score (nSPS) is 12.4. The van der Waals surface area contributed by atoms with Crippen molar-refractivity contribution in [1.82, 2.24) is 5.43 Å². The van der Waals surface area contributed by atoms with Crippen LogP contribution in [0.1, 0.15) is 17.4 Å². The van der Waals surface area contributed by atoms with Gasteiger partial charge in [-0.05, 0) is 23.9 Å².